The second-order valence-corrected chi connectivity index (χ2v) is 40.0. The maximum absolute atomic E-state index is 7.63. The van der Waals surface area contributed by atoms with E-state index in [4.69, 9.17) is 37.9 Å². The van der Waals surface area contributed by atoms with Gasteiger partial charge in [0.2, 0.25) is 0 Å². The summed E-state index contributed by atoms with van der Waals surface area (Å²) in [6.07, 6.45) is 4.35. The van der Waals surface area contributed by atoms with Crippen molar-refractivity contribution in [1.82, 2.24) is 0 Å². The lowest BCUT2D eigenvalue weighted by Gasteiger charge is -2.28. The van der Waals surface area contributed by atoms with Crippen molar-refractivity contribution in [2.24, 2.45) is 0 Å². The fourth-order valence-electron chi connectivity index (χ4n) is 16.2. The van der Waals surface area contributed by atoms with Crippen molar-refractivity contribution < 1.29 is 37.9 Å². The van der Waals surface area contributed by atoms with Crippen molar-refractivity contribution in [3.8, 4) is 46.0 Å². The minimum absolute atomic E-state index is 0.217. The molecule has 0 atom stereocenters. The van der Waals surface area contributed by atoms with E-state index in [1.807, 2.05) is 42.7 Å². The number of benzene rings is 9. The Hall–Kier alpha value is -8.62. The largest absolute Gasteiger partial charge is 0.496 e. The lowest BCUT2D eigenvalue weighted by atomic mass is 9.79. The molecule has 0 spiro atoms. The molecule has 8 nitrogen and oxygen atoms in total. The van der Waals surface area contributed by atoms with Crippen LogP contribution in [0.1, 0.15) is 311 Å². The highest BCUT2D eigenvalue weighted by Crippen LogP contribution is 2.48. The van der Waals surface area contributed by atoms with Gasteiger partial charge in [-0.25, -0.2) is 0 Å². The van der Waals surface area contributed by atoms with Crippen molar-refractivity contribution in [2.45, 2.75) is 274 Å². The molecule has 4 heterocycles. The monoisotopic (exact) mass is 1480 g/mol. The second-order valence-electron chi connectivity index (χ2n) is 40.0. The third kappa shape index (κ3) is 18.0. The Morgan fingerprint density at radius 2 is 0.309 bits per heavy atom. The molecule has 4 aliphatic heterocycles. The molecule has 9 aromatic carbocycles. The van der Waals surface area contributed by atoms with Gasteiger partial charge in [0, 0.05) is 51.4 Å². The highest BCUT2D eigenvalue weighted by Gasteiger charge is 2.33. The highest BCUT2D eigenvalue weighted by atomic mass is 16.5. The molecule has 110 heavy (non-hydrogen) atoms. The van der Waals surface area contributed by atoms with E-state index in [1.54, 1.807) is 0 Å². The van der Waals surface area contributed by atoms with Gasteiger partial charge in [0.15, 0.2) is 0 Å². The topological polar surface area (TPSA) is 73.8 Å². The zero-order valence-corrected chi connectivity index (χ0v) is 72.9. The smallest absolute Gasteiger partial charge is 0.126 e. The molecular weight excluding hydrogens is 1350 g/mol. The summed E-state index contributed by atoms with van der Waals surface area (Å²) in [7, 11) is 11.1. The Morgan fingerprint density at radius 3 is 0.427 bits per heavy atom. The van der Waals surface area contributed by atoms with E-state index in [0.717, 1.165) is 146 Å². The number of hydrogen-bond acceptors (Lipinski definition) is 8. The molecular formula is C102H130O8. The number of rotatable bonds is 6. The molecule has 8 heteroatoms. The van der Waals surface area contributed by atoms with Gasteiger partial charge in [0.25, 0.3) is 0 Å². The molecule has 0 aromatic heterocycles. The van der Waals surface area contributed by atoms with E-state index < -0.39 is 0 Å². The standard InChI is InChI=1S/C102H130O8/c1-95(2,3)79-43-63-35-67-47-81(97(7,8)9)51-71(89(67)105-27)39-75-55-85(101(19,20)21)57-77-41-73-53-83(99(13,14)15)49-69(91(73)107-29)37-65-45-80(96(4,5)6)46-66(88(65)104-26)38-70-50-84(100(16,17)18)54-74(92(70)108-30)42-78-58-86(102(22,23)24)56-76(94(78)110-60-62-33-31-61(32-34-62)59-109-93(75)77)40-72-52-82(98(10,11)12)48-68(90(72)106-28)36-64(44-79)87(63)103-25/h31-34,43-58H,35-42,59-60H2,1-30H3. The molecule has 0 saturated carbocycles. The van der Waals surface area contributed by atoms with E-state index in [1.165, 1.54) is 44.5 Å². The van der Waals surface area contributed by atoms with Crippen LogP contribution in [0.4, 0.5) is 0 Å². The van der Waals surface area contributed by atoms with E-state index in [9.17, 15) is 0 Å². The van der Waals surface area contributed by atoms with E-state index in [-0.39, 0.29) is 43.3 Å². The predicted octanol–water partition coefficient (Wildman–Crippen LogP) is 24.6. The maximum atomic E-state index is 7.63. The summed E-state index contributed by atoms with van der Waals surface area (Å²) in [5.74, 6) is 6.84. The fourth-order valence-corrected chi connectivity index (χ4v) is 16.2. The van der Waals surface area contributed by atoms with Gasteiger partial charge in [0.1, 0.15) is 59.2 Å². The molecule has 586 valence electrons. The molecule has 0 radical (unpaired) electrons. The quantitative estimate of drug-likeness (QED) is 0.163. The van der Waals surface area contributed by atoms with Gasteiger partial charge >= 0.3 is 0 Å². The summed E-state index contributed by atoms with van der Waals surface area (Å²) < 4.78 is 56.5. The molecule has 9 aromatic rings. The van der Waals surface area contributed by atoms with Crippen molar-refractivity contribution in [2.75, 3.05) is 42.7 Å². The maximum Gasteiger partial charge on any atom is 0.126 e. The average Bonchev–Trinajstić information content (AvgIpc) is 0.794. The van der Waals surface area contributed by atoms with E-state index >= 15 is 0 Å². The molecule has 16 bridgehead atoms. The summed E-state index contributed by atoms with van der Waals surface area (Å²) >= 11 is 0. The average molecular weight is 1480 g/mol. The lowest BCUT2D eigenvalue weighted by Crippen LogP contribution is -2.17. The van der Waals surface area contributed by atoms with Crippen LogP contribution in [0.3, 0.4) is 0 Å². The van der Waals surface area contributed by atoms with Crippen LogP contribution in [-0.2, 0) is 108 Å². The minimum atomic E-state index is -0.252. The van der Waals surface area contributed by atoms with Gasteiger partial charge in [-0.2, -0.15) is 0 Å². The Balaban J connectivity index is 1.31. The SMILES string of the molecule is COc1c2cc(C(C)(C)C)cc1Cc1cc(C(C)(C)C)cc(c1OC)Cc1cc(C(C)(C)C)cc3c1OCc1ccc(cc1)COc1c(cc(C(C)(C)C)cc1Cc1cc(C(C)(C)C)cc(c1OC)Cc1cc(C(C)(C)C)cc(c1OC)Cc1cc(C(C)(C)C)cc(c1OC)C3)Cc1cc(C(C)(C)C)cc(c1OC)C2. The fraction of sp³-hybridized carbons (Fsp3) is 0.471. The molecule has 13 rings (SSSR count). The Bertz CT molecular complexity index is 4350. The summed E-state index contributed by atoms with van der Waals surface area (Å²) in [6.45, 7) is 56.3. The van der Waals surface area contributed by atoms with Gasteiger partial charge in [-0.05, 0) is 188 Å². The minimum Gasteiger partial charge on any atom is -0.496 e. The van der Waals surface area contributed by atoms with Crippen LogP contribution in [-0.4, -0.2) is 42.7 Å². The Morgan fingerprint density at radius 1 is 0.191 bits per heavy atom. The Labute approximate surface area is 662 Å². The molecule has 0 saturated heterocycles. The Kier molecular flexibility index (Phi) is 23.1. The third-order valence-corrected chi connectivity index (χ3v) is 22.9. The van der Waals surface area contributed by atoms with Gasteiger partial charge in [0.05, 0.1) is 42.7 Å². The van der Waals surface area contributed by atoms with Crippen LogP contribution >= 0.6 is 0 Å². The van der Waals surface area contributed by atoms with Crippen molar-refractivity contribution in [1.29, 1.82) is 0 Å². The van der Waals surface area contributed by atoms with Gasteiger partial charge in [-0.1, -0.05) is 287 Å². The van der Waals surface area contributed by atoms with Crippen LogP contribution in [0.25, 0.3) is 0 Å². The first-order valence-corrected chi connectivity index (χ1v) is 40.1. The molecule has 0 aliphatic carbocycles. The third-order valence-electron chi connectivity index (χ3n) is 22.9. The van der Waals surface area contributed by atoms with E-state index in [2.05, 4.69) is 287 Å². The van der Waals surface area contributed by atoms with Crippen molar-refractivity contribution in [3.63, 3.8) is 0 Å². The zero-order valence-electron chi connectivity index (χ0n) is 72.9. The lowest BCUT2D eigenvalue weighted by molar-refractivity contribution is 0.296. The molecule has 0 amide bonds. The number of methoxy groups -OCH3 is 6. The molecule has 0 N–H and O–H groups in total. The summed E-state index contributed by atoms with van der Waals surface area (Å²) in [5.41, 5.74) is 27.4. The zero-order chi connectivity index (χ0) is 80.5. The van der Waals surface area contributed by atoms with Crippen LogP contribution in [0.5, 0.6) is 46.0 Å². The molecule has 4 aliphatic rings. The predicted molar refractivity (Wildman–Crippen MR) is 458 cm³/mol. The van der Waals surface area contributed by atoms with Crippen molar-refractivity contribution in [3.05, 3.63) is 266 Å². The van der Waals surface area contributed by atoms with Crippen LogP contribution in [0.15, 0.2) is 121 Å². The molecule has 0 fully saturated rings. The van der Waals surface area contributed by atoms with Crippen molar-refractivity contribution >= 4 is 0 Å². The van der Waals surface area contributed by atoms with Crippen LogP contribution in [0.2, 0.25) is 0 Å². The normalized spacial score (nSPS) is 14.2. The first-order valence-electron chi connectivity index (χ1n) is 40.1. The van der Waals surface area contributed by atoms with Crippen LogP contribution < -0.4 is 37.9 Å². The summed E-state index contributed by atoms with van der Waals surface area (Å²) in [4.78, 5) is 0. The van der Waals surface area contributed by atoms with Gasteiger partial charge < -0.3 is 37.9 Å². The van der Waals surface area contributed by atoms with Crippen LogP contribution in [0, 0.1) is 0 Å². The van der Waals surface area contributed by atoms with E-state index in [0.29, 0.717) is 64.6 Å². The first-order chi connectivity index (χ1) is 51.2. The first kappa shape index (κ1) is 82.3. The van der Waals surface area contributed by atoms with Gasteiger partial charge in [-0.3, -0.25) is 0 Å². The summed E-state index contributed by atoms with van der Waals surface area (Å²) in [6, 6.07) is 47.2. The number of hydrogen-bond donors (Lipinski definition) is 0. The molecule has 0 unspecified atom stereocenters. The van der Waals surface area contributed by atoms with Gasteiger partial charge in [-0.15, -0.1) is 0 Å². The highest BCUT2D eigenvalue weighted by molar-refractivity contribution is 5.63. The number of ether oxygens (including phenoxy) is 8. The summed E-state index contributed by atoms with van der Waals surface area (Å²) in [5, 5.41) is 0. The second kappa shape index (κ2) is 30.8.